The van der Waals surface area contributed by atoms with E-state index in [1.54, 1.807) is 18.2 Å². The highest BCUT2D eigenvalue weighted by Gasteiger charge is 2.11. The van der Waals surface area contributed by atoms with Crippen LogP contribution in [0, 0.1) is 6.92 Å². The van der Waals surface area contributed by atoms with Gasteiger partial charge in [-0.25, -0.2) is 0 Å². The number of amides is 2. The fraction of sp³-hybridized carbons (Fsp3) is 0.300. The predicted molar refractivity (Wildman–Crippen MR) is 99.8 cm³/mol. The van der Waals surface area contributed by atoms with Crippen molar-refractivity contribution in [2.24, 2.45) is 0 Å². The van der Waals surface area contributed by atoms with Crippen molar-refractivity contribution in [3.05, 3.63) is 59.2 Å². The number of ether oxygens (including phenoxy) is 2. The van der Waals surface area contributed by atoms with E-state index in [0.29, 0.717) is 23.6 Å². The van der Waals surface area contributed by atoms with E-state index in [2.05, 4.69) is 16.7 Å². The van der Waals surface area contributed by atoms with Crippen LogP contribution in [0.15, 0.2) is 42.5 Å². The molecule has 138 valence electrons. The van der Waals surface area contributed by atoms with Crippen LogP contribution in [-0.4, -0.2) is 39.1 Å². The summed E-state index contributed by atoms with van der Waals surface area (Å²) in [4.78, 5) is 24.1. The second-order valence-electron chi connectivity index (χ2n) is 5.84. The molecule has 0 unspecified atom stereocenters. The lowest BCUT2D eigenvalue weighted by atomic mass is 10.1. The van der Waals surface area contributed by atoms with E-state index in [4.69, 9.17) is 9.47 Å². The molecule has 6 heteroatoms. The van der Waals surface area contributed by atoms with Crippen molar-refractivity contribution in [1.29, 1.82) is 0 Å². The Labute approximate surface area is 153 Å². The van der Waals surface area contributed by atoms with E-state index in [1.165, 1.54) is 25.3 Å². The summed E-state index contributed by atoms with van der Waals surface area (Å²) in [5, 5.41) is 5.40. The molecule has 0 bridgehead atoms. The number of carbonyl (C=O) groups is 2. The molecule has 0 heterocycles. The van der Waals surface area contributed by atoms with Gasteiger partial charge in [-0.2, -0.15) is 0 Å². The largest absolute Gasteiger partial charge is 0.493 e. The van der Waals surface area contributed by atoms with E-state index in [9.17, 15) is 9.59 Å². The maximum Gasteiger partial charge on any atom is 0.251 e. The third-order valence-electron chi connectivity index (χ3n) is 3.87. The average Bonchev–Trinajstić information content (AvgIpc) is 2.65. The molecule has 0 aliphatic carbocycles. The summed E-state index contributed by atoms with van der Waals surface area (Å²) >= 11 is 0. The molecule has 2 N–H and O–H groups in total. The van der Waals surface area contributed by atoms with Crippen LogP contribution in [0.1, 0.15) is 21.5 Å². The number of rotatable bonds is 8. The minimum Gasteiger partial charge on any atom is -0.493 e. The molecule has 0 fully saturated rings. The molecule has 0 atom stereocenters. The van der Waals surface area contributed by atoms with E-state index >= 15 is 0 Å². The summed E-state index contributed by atoms with van der Waals surface area (Å²) in [5.41, 5.74) is 2.76. The molecule has 2 amide bonds. The number of hydrogen-bond donors (Lipinski definition) is 2. The molecule has 6 nitrogen and oxygen atoms in total. The first-order valence-electron chi connectivity index (χ1n) is 8.36. The topological polar surface area (TPSA) is 76.7 Å². The third-order valence-corrected chi connectivity index (χ3v) is 3.87. The predicted octanol–water partition coefficient (Wildman–Crippen LogP) is 2.10. The van der Waals surface area contributed by atoms with Crippen LogP contribution < -0.4 is 20.1 Å². The summed E-state index contributed by atoms with van der Waals surface area (Å²) in [5.74, 6) is 0.423. The fourth-order valence-corrected chi connectivity index (χ4v) is 2.52. The Morgan fingerprint density at radius 3 is 2.42 bits per heavy atom. The van der Waals surface area contributed by atoms with Gasteiger partial charge in [-0.15, -0.1) is 0 Å². The van der Waals surface area contributed by atoms with Crippen molar-refractivity contribution < 1.29 is 19.1 Å². The van der Waals surface area contributed by atoms with Crippen LogP contribution in [0.2, 0.25) is 0 Å². The highest BCUT2D eigenvalue weighted by molar-refractivity contribution is 5.97. The second kappa shape index (κ2) is 9.46. The van der Waals surface area contributed by atoms with Gasteiger partial charge in [-0.3, -0.25) is 9.59 Å². The molecule has 26 heavy (non-hydrogen) atoms. The number of benzene rings is 2. The quantitative estimate of drug-likeness (QED) is 0.759. The second-order valence-corrected chi connectivity index (χ2v) is 5.84. The molecule has 0 aliphatic heterocycles. The Morgan fingerprint density at radius 2 is 1.73 bits per heavy atom. The van der Waals surface area contributed by atoms with Crippen molar-refractivity contribution in [2.75, 3.05) is 27.3 Å². The molecule has 2 rings (SSSR count). The van der Waals surface area contributed by atoms with Crippen LogP contribution in [0.4, 0.5) is 0 Å². The normalized spacial score (nSPS) is 10.1. The lowest BCUT2D eigenvalue weighted by Crippen LogP contribution is -2.37. The summed E-state index contributed by atoms with van der Waals surface area (Å²) in [6, 6.07) is 13.0. The number of nitrogens with one attached hydrogen (secondary N) is 2. The molecule has 2 aromatic rings. The summed E-state index contributed by atoms with van der Waals surface area (Å²) in [6.45, 7) is 2.47. The highest BCUT2D eigenvalue weighted by Crippen LogP contribution is 2.27. The van der Waals surface area contributed by atoms with E-state index < -0.39 is 0 Å². The van der Waals surface area contributed by atoms with Gasteiger partial charge < -0.3 is 20.1 Å². The Hall–Kier alpha value is -3.02. The van der Waals surface area contributed by atoms with Crippen molar-refractivity contribution >= 4 is 11.8 Å². The van der Waals surface area contributed by atoms with Gasteiger partial charge in [0.15, 0.2) is 11.5 Å². The maximum absolute atomic E-state index is 12.2. The Kier molecular flexibility index (Phi) is 7.02. The van der Waals surface area contributed by atoms with Gasteiger partial charge >= 0.3 is 0 Å². The number of hydrogen-bond acceptors (Lipinski definition) is 4. The van der Waals surface area contributed by atoms with Gasteiger partial charge in [-0.05, 0) is 37.1 Å². The van der Waals surface area contributed by atoms with Crippen molar-refractivity contribution in [3.8, 4) is 11.5 Å². The third kappa shape index (κ3) is 5.51. The molecule has 2 aromatic carbocycles. The Bertz CT molecular complexity index is 774. The molecule has 0 saturated carbocycles. The van der Waals surface area contributed by atoms with Gasteiger partial charge in [0.2, 0.25) is 5.91 Å². The van der Waals surface area contributed by atoms with E-state index in [1.807, 2.05) is 25.1 Å². The fourth-order valence-electron chi connectivity index (χ4n) is 2.52. The van der Waals surface area contributed by atoms with Crippen molar-refractivity contribution in [1.82, 2.24) is 10.6 Å². The molecule has 0 aliphatic rings. The van der Waals surface area contributed by atoms with Crippen LogP contribution in [0.3, 0.4) is 0 Å². The van der Waals surface area contributed by atoms with Crippen LogP contribution in [0.5, 0.6) is 11.5 Å². The zero-order valence-corrected chi connectivity index (χ0v) is 15.3. The van der Waals surface area contributed by atoms with Crippen molar-refractivity contribution in [2.45, 2.75) is 13.3 Å². The highest BCUT2D eigenvalue weighted by atomic mass is 16.5. The number of aryl methyl sites for hydroxylation is 1. The van der Waals surface area contributed by atoms with E-state index in [0.717, 1.165) is 6.42 Å². The molecule has 0 radical (unpaired) electrons. The Balaban J connectivity index is 1.78. The lowest BCUT2D eigenvalue weighted by molar-refractivity contribution is -0.120. The molecular weight excluding hydrogens is 332 g/mol. The lowest BCUT2D eigenvalue weighted by Gasteiger charge is -2.10. The van der Waals surface area contributed by atoms with Gasteiger partial charge in [0.1, 0.15) is 0 Å². The van der Waals surface area contributed by atoms with Crippen molar-refractivity contribution in [3.63, 3.8) is 0 Å². The number of carbonyl (C=O) groups excluding carboxylic acids is 2. The SMILES string of the molecule is COc1ccc(C(=O)NCC(=O)NCCc2cccc(C)c2)cc1OC. The molecular formula is C20H24N2O4. The summed E-state index contributed by atoms with van der Waals surface area (Å²) < 4.78 is 10.3. The first-order valence-corrected chi connectivity index (χ1v) is 8.36. The Morgan fingerprint density at radius 1 is 0.962 bits per heavy atom. The molecule has 0 saturated heterocycles. The minimum atomic E-state index is -0.347. The van der Waals surface area contributed by atoms with Gasteiger partial charge in [0, 0.05) is 12.1 Å². The zero-order chi connectivity index (χ0) is 18.9. The summed E-state index contributed by atoms with van der Waals surface area (Å²) in [7, 11) is 3.03. The van der Waals surface area contributed by atoms with E-state index in [-0.39, 0.29) is 18.4 Å². The van der Waals surface area contributed by atoms with Crippen LogP contribution in [-0.2, 0) is 11.2 Å². The molecule has 0 aromatic heterocycles. The monoisotopic (exact) mass is 356 g/mol. The van der Waals surface area contributed by atoms with Crippen LogP contribution >= 0.6 is 0 Å². The van der Waals surface area contributed by atoms with Gasteiger partial charge in [0.25, 0.3) is 5.91 Å². The van der Waals surface area contributed by atoms with Gasteiger partial charge in [-0.1, -0.05) is 29.8 Å². The smallest absolute Gasteiger partial charge is 0.251 e. The zero-order valence-electron chi connectivity index (χ0n) is 15.3. The summed E-state index contributed by atoms with van der Waals surface area (Å²) in [6.07, 6.45) is 0.747. The van der Waals surface area contributed by atoms with Crippen LogP contribution in [0.25, 0.3) is 0 Å². The standard InChI is InChI=1S/C20H24N2O4/c1-14-5-4-6-15(11-14)9-10-21-19(23)13-22-20(24)16-7-8-17(25-2)18(12-16)26-3/h4-8,11-12H,9-10,13H2,1-3H3,(H,21,23)(H,22,24). The average molecular weight is 356 g/mol. The minimum absolute atomic E-state index is 0.0823. The first-order chi connectivity index (χ1) is 12.5. The molecule has 0 spiro atoms. The van der Waals surface area contributed by atoms with Gasteiger partial charge in [0.05, 0.1) is 20.8 Å². The number of methoxy groups -OCH3 is 2. The maximum atomic E-state index is 12.2. The first kappa shape index (κ1) is 19.3.